The van der Waals surface area contributed by atoms with E-state index >= 15 is 0 Å². The fraction of sp³-hybridized carbons (Fsp3) is 0.727. The molecule has 111 valence electrons. The summed E-state index contributed by atoms with van der Waals surface area (Å²) in [5.41, 5.74) is 15.7. The van der Waals surface area contributed by atoms with Crippen molar-refractivity contribution in [2.45, 2.75) is 44.2 Å². The molecule has 0 aromatic heterocycles. The van der Waals surface area contributed by atoms with Gasteiger partial charge >= 0.3 is 70.8 Å². The van der Waals surface area contributed by atoms with Crippen LogP contribution in [-0.2, 0) is 32.7 Å². The first kappa shape index (κ1) is 21.4. The first-order chi connectivity index (χ1) is 9.22. The van der Waals surface area contributed by atoms with Gasteiger partial charge in [0.25, 0.3) is 0 Å². The number of carbonyl (C=O) groups is 3. The van der Waals surface area contributed by atoms with Crippen LogP contribution in [0, 0.1) is 0 Å². The first-order valence-corrected chi connectivity index (χ1v) is 7.68. The van der Waals surface area contributed by atoms with E-state index in [1.54, 1.807) is 0 Å². The molecule has 9 heteroatoms. The Morgan fingerprint density at radius 3 is 1.90 bits per heavy atom. The monoisotopic (exact) mass is 338 g/mol. The second-order valence-electron chi connectivity index (χ2n) is 4.19. The van der Waals surface area contributed by atoms with Crippen LogP contribution in [0.15, 0.2) is 0 Å². The second-order valence-corrected chi connectivity index (χ2v) is 5.66. The number of carboxylic acid groups (broad SMARTS) is 2. The molecular formula is C11H20N3O5Zn. The van der Waals surface area contributed by atoms with Gasteiger partial charge in [-0.25, -0.2) is 0 Å². The van der Waals surface area contributed by atoms with Gasteiger partial charge in [0, 0.05) is 12.0 Å². The van der Waals surface area contributed by atoms with Crippen molar-refractivity contribution in [1.29, 1.82) is 0 Å². The van der Waals surface area contributed by atoms with Crippen LogP contribution in [-0.4, -0.2) is 34.9 Å². The predicted molar refractivity (Wildman–Crippen MR) is 63.1 cm³/mol. The van der Waals surface area contributed by atoms with E-state index in [9.17, 15) is 24.6 Å². The molecule has 20 heavy (non-hydrogen) atoms. The van der Waals surface area contributed by atoms with E-state index in [0.29, 0.717) is 24.8 Å². The van der Waals surface area contributed by atoms with Crippen molar-refractivity contribution < 1.29 is 42.9 Å². The number of hydrogen-bond donors (Lipinski definition) is 3. The Kier molecular flexibility index (Phi) is 14.0. The number of carboxylic acids is 2. The van der Waals surface area contributed by atoms with Gasteiger partial charge in [0.2, 0.25) is 0 Å². The van der Waals surface area contributed by atoms with Gasteiger partial charge in [-0.05, 0) is 12.8 Å². The summed E-state index contributed by atoms with van der Waals surface area (Å²) in [5.74, 6) is -2.75. The Labute approximate surface area is 127 Å². The van der Waals surface area contributed by atoms with Crippen molar-refractivity contribution in [2.24, 2.45) is 17.2 Å². The van der Waals surface area contributed by atoms with Crippen LogP contribution in [0.25, 0.3) is 0 Å². The molecule has 0 aromatic rings. The SMILES string of the molecule is NC(CCC(=O)[O-])C(=O)[O-].NCCCCC(N)[C](=O)[Zn+2]. The van der Waals surface area contributed by atoms with Gasteiger partial charge in [0.1, 0.15) is 0 Å². The zero-order valence-electron chi connectivity index (χ0n) is 11.4. The fourth-order valence-corrected chi connectivity index (χ4v) is 1.49. The Hall–Kier alpha value is -0.887. The number of nitrogens with two attached hydrogens (primary N) is 3. The van der Waals surface area contributed by atoms with E-state index in [4.69, 9.17) is 17.2 Å². The third-order valence-electron chi connectivity index (χ3n) is 2.35. The van der Waals surface area contributed by atoms with Crippen LogP contribution < -0.4 is 27.4 Å². The van der Waals surface area contributed by atoms with Gasteiger partial charge in [-0.2, -0.15) is 0 Å². The minimum absolute atomic E-state index is 0.148. The fourth-order valence-electron chi connectivity index (χ4n) is 1.06. The number of unbranched alkanes of at least 4 members (excludes halogenated alkanes) is 1. The van der Waals surface area contributed by atoms with Gasteiger partial charge in [-0.1, -0.05) is 0 Å². The zero-order valence-corrected chi connectivity index (χ0v) is 14.3. The molecule has 0 rings (SSSR count). The molecule has 0 bridgehead atoms. The standard InChI is InChI=1S/C6H13N2O.C5H9NO4.Zn/c7-4-2-1-3-6(8)5-9;6-3(5(9)10)1-2-4(7)8;/h6H,1-4,7-8H2;3H,1-2,6H2,(H,7,8)(H,9,10);/q;;+2/p-2. The van der Waals surface area contributed by atoms with Crippen molar-refractivity contribution in [3.8, 4) is 0 Å². The molecule has 8 nitrogen and oxygen atoms in total. The van der Waals surface area contributed by atoms with Crippen molar-refractivity contribution in [3.63, 3.8) is 0 Å². The zero-order chi connectivity index (χ0) is 16.1. The Morgan fingerprint density at radius 1 is 1.00 bits per heavy atom. The van der Waals surface area contributed by atoms with E-state index in [2.05, 4.69) is 0 Å². The second kappa shape index (κ2) is 13.1. The molecule has 0 aromatic carbocycles. The summed E-state index contributed by atoms with van der Waals surface area (Å²) in [5, 5.41) is 19.6. The number of rotatable bonds is 9. The van der Waals surface area contributed by atoms with Crippen LogP contribution in [0.2, 0.25) is 0 Å². The molecule has 6 N–H and O–H groups in total. The van der Waals surface area contributed by atoms with Crippen molar-refractivity contribution in [2.75, 3.05) is 6.54 Å². The van der Waals surface area contributed by atoms with E-state index in [-0.39, 0.29) is 23.3 Å². The van der Waals surface area contributed by atoms with Crippen molar-refractivity contribution >= 4 is 16.3 Å². The van der Waals surface area contributed by atoms with E-state index in [1.165, 1.54) is 0 Å². The third kappa shape index (κ3) is 15.2. The molecule has 0 saturated heterocycles. The minimum atomic E-state index is -1.44. The molecular weight excluding hydrogens is 320 g/mol. The van der Waals surface area contributed by atoms with Gasteiger partial charge < -0.3 is 25.5 Å². The molecule has 2 unspecified atom stereocenters. The average molecular weight is 340 g/mol. The molecule has 0 amide bonds. The van der Waals surface area contributed by atoms with E-state index in [1.807, 2.05) is 0 Å². The molecule has 0 aliphatic heterocycles. The normalized spacial score (nSPS) is 12.8. The summed E-state index contributed by atoms with van der Waals surface area (Å²) in [6.45, 7) is 0.695. The summed E-state index contributed by atoms with van der Waals surface area (Å²) in [6.07, 6.45) is 2.25. The Balaban J connectivity index is 0. The third-order valence-corrected chi connectivity index (χ3v) is 3.45. The van der Waals surface area contributed by atoms with Gasteiger partial charge in [-0.15, -0.1) is 0 Å². The molecule has 0 aliphatic rings. The van der Waals surface area contributed by atoms with Crippen LogP contribution in [0.5, 0.6) is 0 Å². The maximum atomic E-state index is 10.6. The van der Waals surface area contributed by atoms with Gasteiger partial charge in [-0.3, -0.25) is 0 Å². The number of aliphatic carboxylic acids is 2. The summed E-state index contributed by atoms with van der Waals surface area (Å²) < 4.78 is 0.192. The average Bonchev–Trinajstić information content (AvgIpc) is 2.36. The van der Waals surface area contributed by atoms with Crippen LogP contribution in [0.3, 0.4) is 0 Å². The number of hydrogen-bond acceptors (Lipinski definition) is 8. The quantitative estimate of drug-likeness (QED) is 0.282. The van der Waals surface area contributed by atoms with E-state index in [0.717, 1.165) is 19.3 Å². The van der Waals surface area contributed by atoms with E-state index < -0.39 is 18.0 Å². The molecule has 0 spiro atoms. The predicted octanol–water partition coefficient (Wildman–Crippen LogP) is -3.89. The Bertz CT molecular complexity index is 314. The molecule has 0 aliphatic carbocycles. The number of carbonyl (C=O) groups excluding carboxylic acids is 3. The summed E-state index contributed by atoms with van der Waals surface area (Å²) >= 11 is 0.670. The van der Waals surface area contributed by atoms with Gasteiger partial charge in [0.15, 0.2) is 0 Å². The summed E-state index contributed by atoms with van der Waals surface area (Å²) in [4.78, 5) is 30.2. The molecule has 0 heterocycles. The molecule has 2 atom stereocenters. The van der Waals surface area contributed by atoms with Crippen molar-refractivity contribution in [1.82, 2.24) is 0 Å². The molecule has 0 saturated carbocycles. The van der Waals surface area contributed by atoms with Gasteiger partial charge in [0.05, 0.1) is 5.97 Å². The van der Waals surface area contributed by atoms with Crippen LogP contribution in [0.1, 0.15) is 32.1 Å². The molecule has 0 radical (unpaired) electrons. The Morgan fingerprint density at radius 2 is 1.55 bits per heavy atom. The topological polar surface area (TPSA) is 175 Å². The van der Waals surface area contributed by atoms with Crippen molar-refractivity contribution in [3.05, 3.63) is 0 Å². The molecule has 0 fully saturated rings. The van der Waals surface area contributed by atoms with Crippen LogP contribution in [0.4, 0.5) is 0 Å². The van der Waals surface area contributed by atoms with Crippen LogP contribution >= 0.6 is 0 Å². The maximum absolute atomic E-state index is 10.6. The summed E-state index contributed by atoms with van der Waals surface area (Å²) in [6, 6.07) is -1.43. The summed E-state index contributed by atoms with van der Waals surface area (Å²) in [7, 11) is 0. The first-order valence-electron chi connectivity index (χ1n) is 6.20.